The molecule has 0 atom stereocenters. The Kier molecular flexibility index (Phi) is 3.66. The highest BCUT2D eigenvalue weighted by Crippen LogP contribution is 2.25. The summed E-state index contributed by atoms with van der Waals surface area (Å²) in [7, 11) is 0. The summed E-state index contributed by atoms with van der Waals surface area (Å²) in [6.07, 6.45) is 0.207. The van der Waals surface area contributed by atoms with E-state index in [1.54, 1.807) is 12.1 Å². The highest BCUT2D eigenvalue weighted by molar-refractivity contribution is 6.02. The Bertz CT molecular complexity index is 626. The van der Waals surface area contributed by atoms with Gasteiger partial charge in [-0.25, -0.2) is 4.39 Å². The zero-order valence-corrected chi connectivity index (χ0v) is 9.92. The fourth-order valence-corrected chi connectivity index (χ4v) is 1.74. The first-order valence-electron chi connectivity index (χ1n) is 5.58. The van der Waals surface area contributed by atoms with Crippen LogP contribution in [0, 0.1) is 5.82 Å². The van der Waals surface area contributed by atoms with Gasteiger partial charge in [-0.3, -0.25) is 0 Å². The van der Waals surface area contributed by atoms with Crippen molar-refractivity contribution < 1.29 is 19.8 Å². The van der Waals surface area contributed by atoms with E-state index in [1.807, 2.05) is 0 Å². The first-order chi connectivity index (χ1) is 9.10. The standard InChI is InChI=1S/C14H12FNO3/c15-11-3-1-2-9(6-11)7-12(16-19)10-4-5-13(17)14(18)8-10/h1-6,8,17-19H,7H2/b16-12+. The van der Waals surface area contributed by atoms with Gasteiger partial charge in [0.15, 0.2) is 11.5 Å². The quantitative estimate of drug-likeness (QED) is 0.344. The Morgan fingerprint density at radius 2 is 1.84 bits per heavy atom. The third-order valence-electron chi connectivity index (χ3n) is 2.69. The molecule has 0 radical (unpaired) electrons. The lowest BCUT2D eigenvalue weighted by Crippen LogP contribution is -2.05. The molecule has 4 nitrogen and oxygen atoms in total. The minimum atomic E-state index is -0.372. The van der Waals surface area contributed by atoms with Crippen LogP contribution in [0.15, 0.2) is 47.6 Å². The Labute approximate surface area is 109 Å². The number of rotatable bonds is 3. The van der Waals surface area contributed by atoms with E-state index in [1.165, 1.54) is 30.3 Å². The maximum atomic E-state index is 13.1. The van der Waals surface area contributed by atoms with E-state index in [9.17, 15) is 14.6 Å². The summed E-state index contributed by atoms with van der Waals surface area (Å²) in [5.74, 6) is -0.937. The van der Waals surface area contributed by atoms with Crippen LogP contribution in [0.4, 0.5) is 4.39 Å². The zero-order valence-electron chi connectivity index (χ0n) is 9.92. The van der Waals surface area contributed by atoms with Gasteiger partial charge < -0.3 is 15.4 Å². The molecule has 0 amide bonds. The zero-order chi connectivity index (χ0) is 13.8. The summed E-state index contributed by atoms with van der Waals surface area (Å²) in [6.45, 7) is 0. The van der Waals surface area contributed by atoms with Crippen LogP contribution in [0.25, 0.3) is 0 Å². The molecule has 0 aliphatic heterocycles. The molecule has 2 rings (SSSR count). The van der Waals surface area contributed by atoms with E-state index >= 15 is 0 Å². The second-order valence-electron chi connectivity index (χ2n) is 4.06. The Hall–Kier alpha value is -2.56. The molecule has 2 aromatic carbocycles. The van der Waals surface area contributed by atoms with Crippen molar-refractivity contribution in [1.29, 1.82) is 0 Å². The second kappa shape index (κ2) is 5.39. The Morgan fingerprint density at radius 3 is 2.47 bits per heavy atom. The number of benzene rings is 2. The lowest BCUT2D eigenvalue weighted by molar-refractivity contribution is 0.318. The summed E-state index contributed by atoms with van der Waals surface area (Å²) in [6, 6.07) is 10.0. The van der Waals surface area contributed by atoms with E-state index < -0.39 is 0 Å². The Balaban J connectivity index is 2.28. The predicted octanol–water partition coefficient (Wildman–Crippen LogP) is 2.66. The number of halogens is 1. The minimum Gasteiger partial charge on any atom is -0.504 e. The smallest absolute Gasteiger partial charge is 0.158 e. The van der Waals surface area contributed by atoms with Gasteiger partial charge in [-0.05, 0) is 35.9 Å². The fraction of sp³-hybridized carbons (Fsp3) is 0.0714. The van der Waals surface area contributed by atoms with E-state index in [4.69, 9.17) is 5.21 Å². The average molecular weight is 261 g/mol. The molecule has 0 saturated carbocycles. The van der Waals surface area contributed by atoms with Crippen molar-refractivity contribution in [2.45, 2.75) is 6.42 Å². The van der Waals surface area contributed by atoms with Gasteiger partial charge in [-0.1, -0.05) is 17.3 Å². The summed E-state index contributed by atoms with van der Waals surface area (Å²) in [5.41, 5.74) is 1.35. The summed E-state index contributed by atoms with van der Waals surface area (Å²) < 4.78 is 13.1. The highest BCUT2D eigenvalue weighted by Gasteiger charge is 2.09. The van der Waals surface area contributed by atoms with Crippen LogP contribution in [-0.2, 0) is 6.42 Å². The minimum absolute atomic E-state index is 0.207. The van der Waals surface area contributed by atoms with Crippen LogP contribution in [0.2, 0.25) is 0 Å². The van der Waals surface area contributed by atoms with Crippen LogP contribution >= 0.6 is 0 Å². The maximum absolute atomic E-state index is 13.1. The van der Waals surface area contributed by atoms with Gasteiger partial charge in [0.05, 0.1) is 5.71 Å². The van der Waals surface area contributed by atoms with Gasteiger partial charge in [-0.15, -0.1) is 0 Å². The van der Waals surface area contributed by atoms with E-state index in [0.717, 1.165) is 0 Å². The van der Waals surface area contributed by atoms with Gasteiger partial charge in [0, 0.05) is 12.0 Å². The number of aromatic hydroxyl groups is 2. The first-order valence-corrected chi connectivity index (χ1v) is 5.58. The largest absolute Gasteiger partial charge is 0.504 e. The van der Waals surface area contributed by atoms with Crippen molar-refractivity contribution in [3.8, 4) is 11.5 Å². The first kappa shape index (κ1) is 12.9. The lowest BCUT2D eigenvalue weighted by Gasteiger charge is -2.06. The number of phenols is 2. The molecule has 2 aromatic rings. The molecular weight excluding hydrogens is 249 g/mol. The molecule has 0 fully saturated rings. The van der Waals surface area contributed by atoms with E-state index in [-0.39, 0.29) is 29.4 Å². The molecule has 0 unspecified atom stereocenters. The van der Waals surface area contributed by atoms with Crippen molar-refractivity contribution >= 4 is 5.71 Å². The molecule has 0 heterocycles. The molecule has 0 bridgehead atoms. The molecule has 98 valence electrons. The number of phenolic OH excluding ortho intramolecular Hbond substituents is 2. The van der Waals surface area contributed by atoms with Gasteiger partial charge in [0.25, 0.3) is 0 Å². The molecule has 0 spiro atoms. The number of hydrogen-bond donors (Lipinski definition) is 3. The molecular formula is C14H12FNO3. The average Bonchev–Trinajstić information content (AvgIpc) is 2.39. The van der Waals surface area contributed by atoms with Gasteiger partial charge >= 0.3 is 0 Å². The number of nitrogens with zero attached hydrogens (tertiary/aromatic N) is 1. The van der Waals surface area contributed by atoms with Gasteiger partial charge in [-0.2, -0.15) is 0 Å². The van der Waals surface area contributed by atoms with Gasteiger partial charge in [0.2, 0.25) is 0 Å². The van der Waals surface area contributed by atoms with Crippen molar-refractivity contribution in [2.75, 3.05) is 0 Å². The molecule has 5 heteroatoms. The lowest BCUT2D eigenvalue weighted by atomic mass is 10.0. The Morgan fingerprint density at radius 1 is 1.05 bits per heavy atom. The number of oxime groups is 1. The topological polar surface area (TPSA) is 73.1 Å². The molecule has 3 N–H and O–H groups in total. The van der Waals surface area contributed by atoms with Crippen LogP contribution < -0.4 is 0 Å². The van der Waals surface area contributed by atoms with Crippen molar-refractivity contribution in [3.63, 3.8) is 0 Å². The fourth-order valence-electron chi connectivity index (χ4n) is 1.74. The van der Waals surface area contributed by atoms with Crippen molar-refractivity contribution in [2.24, 2.45) is 5.16 Å². The van der Waals surface area contributed by atoms with E-state index in [2.05, 4.69) is 5.16 Å². The summed E-state index contributed by atoms with van der Waals surface area (Å²) >= 11 is 0. The van der Waals surface area contributed by atoms with Crippen LogP contribution in [0.1, 0.15) is 11.1 Å². The normalized spacial score (nSPS) is 11.5. The predicted molar refractivity (Wildman–Crippen MR) is 68.2 cm³/mol. The van der Waals surface area contributed by atoms with Crippen molar-refractivity contribution in [3.05, 3.63) is 59.4 Å². The van der Waals surface area contributed by atoms with Crippen LogP contribution in [0.3, 0.4) is 0 Å². The third-order valence-corrected chi connectivity index (χ3v) is 2.69. The molecule has 0 saturated heterocycles. The molecule has 0 aliphatic carbocycles. The summed E-state index contributed by atoms with van der Waals surface area (Å²) in [4.78, 5) is 0. The second-order valence-corrected chi connectivity index (χ2v) is 4.06. The molecule has 19 heavy (non-hydrogen) atoms. The SMILES string of the molecule is O/N=C(\Cc1cccc(F)c1)c1ccc(O)c(O)c1. The molecule has 0 aliphatic rings. The van der Waals surface area contributed by atoms with Gasteiger partial charge in [0.1, 0.15) is 5.82 Å². The maximum Gasteiger partial charge on any atom is 0.158 e. The molecule has 0 aromatic heterocycles. The van der Waals surface area contributed by atoms with Crippen molar-refractivity contribution in [1.82, 2.24) is 0 Å². The third kappa shape index (κ3) is 3.01. The number of hydrogen-bond acceptors (Lipinski definition) is 4. The summed E-state index contributed by atoms with van der Waals surface area (Å²) in [5, 5.41) is 30.8. The van der Waals surface area contributed by atoms with Crippen LogP contribution in [0.5, 0.6) is 11.5 Å². The highest BCUT2D eigenvalue weighted by atomic mass is 19.1. The van der Waals surface area contributed by atoms with E-state index in [0.29, 0.717) is 11.1 Å². The monoisotopic (exact) mass is 261 g/mol. The van der Waals surface area contributed by atoms with Crippen LogP contribution in [-0.4, -0.2) is 21.1 Å².